The monoisotopic (exact) mass is 515 g/mol. The first kappa shape index (κ1) is 23.5. The molecule has 3 aromatic carbocycles. The number of aliphatic carboxylic acids is 1. The molecule has 6 heteroatoms. The third kappa shape index (κ3) is 7.79. The molecule has 1 amide bonds. The van der Waals surface area contributed by atoms with Gasteiger partial charge >= 0.3 is 5.97 Å². The van der Waals surface area contributed by atoms with Gasteiger partial charge in [-0.25, -0.2) is 0 Å². The molecular weight excluding hydrogens is 482 g/mol. The second kappa shape index (κ2) is 13.4. The van der Waals surface area contributed by atoms with Gasteiger partial charge in [0.2, 0.25) is 0 Å². The van der Waals surface area contributed by atoms with Crippen LogP contribution in [-0.4, -0.2) is 28.5 Å². The number of carbonyl (C=O) groups is 2. The number of amides is 1. The Labute approximate surface area is 224 Å². The summed E-state index contributed by atoms with van der Waals surface area (Å²) < 4.78 is 24.3. The van der Waals surface area contributed by atoms with Gasteiger partial charge in [0.15, 0.2) is 0 Å². The highest BCUT2D eigenvalue weighted by Crippen LogP contribution is 2.25. The Morgan fingerprint density at radius 3 is 2.35 bits per heavy atom. The summed E-state index contributed by atoms with van der Waals surface area (Å²) in [7, 11) is 0. The summed E-state index contributed by atoms with van der Waals surface area (Å²) in [6.07, 6.45) is 2.02. The van der Waals surface area contributed by atoms with Crippen molar-refractivity contribution in [2.24, 2.45) is 0 Å². The van der Waals surface area contributed by atoms with Crippen LogP contribution in [0.1, 0.15) is 49.9 Å². The molecule has 0 saturated heterocycles. The van der Waals surface area contributed by atoms with Crippen LogP contribution in [0.25, 0.3) is 11.1 Å². The summed E-state index contributed by atoms with van der Waals surface area (Å²) in [5.41, 5.74) is 3.53. The molecule has 4 rings (SSSR count). The number of hydrogen-bond acceptors (Lipinski definition) is 4. The molecule has 4 aromatic rings. The maximum absolute atomic E-state index is 13.9. The van der Waals surface area contributed by atoms with Crippen LogP contribution < -0.4 is 4.74 Å². The minimum atomic E-state index is -2.18. The third-order valence-corrected chi connectivity index (χ3v) is 6.53. The molecule has 0 spiro atoms. The van der Waals surface area contributed by atoms with Gasteiger partial charge in [0.25, 0.3) is 5.91 Å². The zero-order valence-electron chi connectivity index (χ0n) is 22.5. The number of hydrogen-bond donors (Lipinski definition) is 1. The molecule has 0 aliphatic carbocycles. The highest BCUT2D eigenvalue weighted by molar-refractivity contribution is 7.08. The molecule has 37 heavy (non-hydrogen) atoms. The Bertz CT molecular complexity index is 1360. The summed E-state index contributed by atoms with van der Waals surface area (Å²) in [5.74, 6) is -0.887. The molecule has 1 aromatic heterocycles. The number of para-hydroxylation sites is 1. The van der Waals surface area contributed by atoms with Gasteiger partial charge in [-0.05, 0) is 71.0 Å². The molecule has 5 nitrogen and oxygen atoms in total. The molecular formula is C31H31NO4S. The van der Waals surface area contributed by atoms with Crippen molar-refractivity contribution in [2.75, 3.05) is 6.61 Å². The van der Waals surface area contributed by atoms with Crippen molar-refractivity contribution in [1.29, 1.82) is 0 Å². The second-order valence-corrected chi connectivity index (χ2v) is 9.41. The van der Waals surface area contributed by atoms with Crippen LogP contribution in [0.4, 0.5) is 0 Å². The predicted octanol–water partition coefficient (Wildman–Crippen LogP) is 7.28. The van der Waals surface area contributed by atoms with Crippen molar-refractivity contribution < 1.29 is 22.2 Å². The van der Waals surface area contributed by atoms with E-state index in [0.29, 0.717) is 37.2 Å². The Hall–Kier alpha value is -3.90. The van der Waals surface area contributed by atoms with E-state index in [-0.39, 0.29) is 18.5 Å². The first-order valence-corrected chi connectivity index (χ1v) is 13.2. The largest absolute Gasteiger partial charge is 0.493 e. The van der Waals surface area contributed by atoms with E-state index in [0.717, 1.165) is 16.7 Å². The van der Waals surface area contributed by atoms with Crippen molar-refractivity contribution in [3.63, 3.8) is 0 Å². The lowest BCUT2D eigenvalue weighted by atomic mass is 10.1. The van der Waals surface area contributed by atoms with Crippen LogP contribution in [0.2, 0.25) is 0 Å². The van der Waals surface area contributed by atoms with E-state index in [4.69, 9.17) is 9.84 Å². The molecule has 0 saturated carbocycles. The lowest BCUT2D eigenvalue weighted by Gasteiger charge is -2.24. The quantitative estimate of drug-likeness (QED) is 0.190. The van der Waals surface area contributed by atoms with Gasteiger partial charge < -0.3 is 14.7 Å². The van der Waals surface area contributed by atoms with Gasteiger partial charge in [-0.2, -0.15) is 11.3 Å². The molecule has 0 radical (unpaired) electrons. The summed E-state index contributed by atoms with van der Waals surface area (Å²) in [4.78, 5) is 25.8. The zero-order valence-corrected chi connectivity index (χ0v) is 21.3. The third-order valence-electron chi connectivity index (χ3n) is 5.85. The fraction of sp³-hybridized carbons (Fsp3) is 0.226. The van der Waals surface area contributed by atoms with Gasteiger partial charge in [-0.3, -0.25) is 9.59 Å². The van der Waals surface area contributed by atoms with Crippen molar-refractivity contribution >= 4 is 23.2 Å². The highest BCUT2D eigenvalue weighted by atomic mass is 32.1. The number of carbonyl (C=O) groups excluding carboxylic acids is 1. The average molecular weight is 516 g/mol. The van der Waals surface area contributed by atoms with Gasteiger partial charge in [0, 0.05) is 30.6 Å². The van der Waals surface area contributed by atoms with E-state index in [2.05, 4.69) is 0 Å². The predicted molar refractivity (Wildman–Crippen MR) is 148 cm³/mol. The Morgan fingerprint density at radius 2 is 1.62 bits per heavy atom. The van der Waals surface area contributed by atoms with E-state index in [1.807, 2.05) is 59.3 Å². The highest BCUT2D eigenvalue weighted by Gasteiger charge is 2.19. The Balaban J connectivity index is 1.59. The maximum Gasteiger partial charge on any atom is 0.303 e. The average Bonchev–Trinajstić information content (AvgIpc) is 3.49. The maximum atomic E-state index is 13.9. The molecule has 0 bridgehead atoms. The standard InChI is InChI=1S/C31H31NO4S/c33-30(34)13-5-2-8-19-36-29-12-7-6-11-27(29)22-32(21-24-9-3-1-4-10-24)31(35)26-16-14-25(15-17-26)28-18-20-37-23-28/h1,3-4,6-7,9-12,14-18,20,23H,2,5,8,13,19,21-22H2,(H,33,34)/i22D2. The summed E-state index contributed by atoms with van der Waals surface area (Å²) in [6.45, 7) is -1.79. The normalized spacial score (nSPS) is 11.9. The SMILES string of the molecule is [2H]C([2H])(c1ccccc1OCCCCCC(=O)O)N(Cc1ccccc1)C(=O)c1ccc(-c2ccsc2)cc1. The lowest BCUT2D eigenvalue weighted by Crippen LogP contribution is -2.30. The molecule has 0 atom stereocenters. The Morgan fingerprint density at radius 1 is 0.865 bits per heavy atom. The minimum absolute atomic E-state index is 0.0719. The van der Waals surface area contributed by atoms with E-state index in [1.165, 1.54) is 4.90 Å². The molecule has 0 aliphatic heterocycles. The summed E-state index contributed by atoms with van der Waals surface area (Å²) in [6, 6.07) is 25.5. The molecule has 0 unspecified atom stereocenters. The van der Waals surface area contributed by atoms with E-state index in [9.17, 15) is 12.3 Å². The summed E-state index contributed by atoms with van der Waals surface area (Å²) in [5, 5.41) is 12.9. The van der Waals surface area contributed by atoms with Crippen LogP contribution in [0.15, 0.2) is 95.7 Å². The fourth-order valence-corrected chi connectivity index (χ4v) is 4.55. The number of ether oxygens (including phenoxy) is 1. The van der Waals surface area contributed by atoms with Crippen molar-refractivity contribution in [3.05, 3.63) is 112 Å². The summed E-state index contributed by atoms with van der Waals surface area (Å²) >= 11 is 1.60. The zero-order chi connectivity index (χ0) is 27.7. The van der Waals surface area contributed by atoms with Crippen molar-refractivity contribution in [1.82, 2.24) is 4.90 Å². The van der Waals surface area contributed by atoms with Crippen LogP contribution in [0, 0.1) is 0 Å². The number of thiophene rings is 1. The van der Waals surface area contributed by atoms with Crippen LogP contribution in [0.3, 0.4) is 0 Å². The first-order chi connectivity index (χ1) is 18.9. The smallest absolute Gasteiger partial charge is 0.303 e. The molecule has 1 N–H and O–H groups in total. The molecule has 0 aliphatic rings. The number of nitrogens with zero attached hydrogens (tertiary/aromatic N) is 1. The van der Waals surface area contributed by atoms with E-state index < -0.39 is 18.4 Å². The molecule has 1 heterocycles. The molecule has 190 valence electrons. The molecule has 0 fully saturated rings. The number of carboxylic acids is 1. The topological polar surface area (TPSA) is 66.8 Å². The number of benzene rings is 3. The van der Waals surface area contributed by atoms with E-state index >= 15 is 0 Å². The van der Waals surface area contributed by atoms with Gasteiger partial charge in [-0.1, -0.05) is 60.7 Å². The van der Waals surface area contributed by atoms with Crippen LogP contribution in [-0.2, 0) is 17.8 Å². The lowest BCUT2D eigenvalue weighted by molar-refractivity contribution is -0.137. The first-order valence-electron chi connectivity index (χ1n) is 13.3. The van der Waals surface area contributed by atoms with Gasteiger partial charge in [-0.15, -0.1) is 0 Å². The van der Waals surface area contributed by atoms with Crippen molar-refractivity contribution in [2.45, 2.75) is 38.7 Å². The number of carboxylic acid groups (broad SMARTS) is 1. The Kier molecular flexibility index (Phi) is 8.52. The minimum Gasteiger partial charge on any atom is -0.493 e. The van der Waals surface area contributed by atoms with Crippen LogP contribution >= 0.6 is 11.3 Å². The fourth-order valence-electron chi connectivity index (χ4n) is 3.89. The second-order valence-electron chi connectivity index (χ2n) is 8.63. The van der Waals surface area contributed by atoms with Crippen molar-refractivity contribution in [3.8, 4) is 16.9 Å². The van der Waals surface area contributed by atoms with Gasteiger partial charge in [0.05, 0.1) is 9.35 Å². The van der Waals surface area contributed by atoms with Gasteiger partial charge in [0.1, 0.15) is 5.75 Å². The van der Waals surface area contributed by atoms with E-state index in [1.54, 1.807) is 47.7 Å². The number of unbranched alkanes of at least 4 members (excludes halogenated alkanes) is 2. The van der Waals surface area contributed by atoms with Crippen LogP contribution in [0.5, 0.6) is 5.75 Å². The number of rotatable bonds is 13.